The van der Waals surface area contributed by atoms with Gasteiger partial charge in [-0.25, -0.2) is 0 Å². The van der Waals surface area contributed by atoms with Crippen molar-refractivity contribution in [2.45, 2.75) is 12.6 Å². The molecule has 6 nitrogen and oxygen atoms in total. The maximum absolute atomic E-state index is 11.9. The summed E-state index contributed by atoms with van der Waals surface area (Å²) in [5, 5.41) is 15.8. The van der Waals surface area contributed by atoms with Crippen LogP contribution in [0.2, 0.25) is 0 Å². The first-order valence-electron chi connectivity index (χ1n) is 6.78. The zero-order chi connectivity index (χ0) is 15.4. The predicted molar refractivity (Wildman–Crippen MR) is 83.5 cm³/mol. The summed E-state index contributed by atoms with van der Waals surface area (Å²) in [7, 11) is 3.17. The van der Waals surface area contributed by atoms with Gasteiger partial charge < -0.3 is 20.5 Å². The highest BCUT2D eigenvalue weighted by Crippen LogP contribution is 2.35. The highest BCUT2D eigenvalue weighted by Gasteiger charge is 2.28. The molecule has 0 bridgehead atoms. The lowest BCUT2D eigenvalue weighted by Crippen LogP contribution is -2.56. The van der Waals surface area contributed by atoms with E-state index >= 15 is 0 Å². The van der Waals surface area contributed by atoms with Crippen LogP contribution in [0.25, 0.3) is 0 Å². The number of methoxy groups -OCH3 is 1. The van der Waals surface area contributed by atoms with E-state index in [-0.39, 0.29) is 17.7 Å². The number of likely N-dealkylation sites (N-methyl/N-ethyl adjacent to an activating group) is 1. The van der Waals surface area contributed by atoms with Crippen molar-refractivity contribution in [3.05, 3.63) is 22.2 Å². The molecule has 1 aliphatic rings. The van der Waals surface area contributed by atoms with Gasteiger partial charge in [0.25, 0.3) is 0 Å². The van der Waals surface area contributed by atoms with Crippen molar-refractivity contribution >= 4 is 21.8 Å². The van der Waals surface area contributed by atoms with E-state index in [4.69, 9.17) is 4.74 Å². The van der Waals surface area contributed by atoms with Gasteiger partial charge in [-0.05, 0) is 33.6 Å². The maximum atomic E-state index is 11.9. The van der Waals surface area contributed by atoms with E-state index in [0.717, 1.165) is 18.7 Å². The van der Waals surface area contributed by atoms with Crippen LogP contribution < -0.4 is 15.4 Å². The number of ether oxygens (including phenoxy) is 1. The quantitative estimate of drug-likeness (QED) is 0.739. The molecule has 0 aromatic heterocycles. The van der Waals surface area contributed by atoms with E-state index in [0.29, 0.717) is 23.3 Å². The third-order valence-electron chi connectivity index (χ3n) is 3.60. The Morgan fingerprint density at radius 1 is 1.62 bits per heavy atom. The van der Waals surface area contributed by atoms with Crippen LogP contribution in [0.15, 0.2) is 16.6 Å². The lowest BCUT2D eigenvalue weighted by atomic mass is 10.1. The molecule has 1 saturated heterocycles. The maximum Gasteiger partial charge on any atom is 0.238 e. The van der Waals surface area contributed by atoms with Crippen LogP contribution in [0, 0.1) is 0 Å². The monoisotopic (exact) mass is 357 g/mol. The van der Waals surface area contributed by atoms with Gasteiger partial charge in [-0.3, -0.25) is 9.69 Å². The lowest BCUT2D eigenvalue weighted by molar-refractivity contribution is -0.126. The number of piperazine rings is 1. The van der Waals surface area contributed by atoms with Crippen molar-refractivity contribution < 1.29 is 14.6 Å². The average molecular weight is 358 g/mol. The van der Waals surface area contributed by atoms with Gasteiger partial charge in [0.2, 0.25) is 5.91 Å². The summed E-state index contributed by atoms with van der Waals surface area (Å²) < 4.78 is 5.75. The molecule has 0 aliphatic carbocycles. The van der Waals surface area contributed by atoms with Gasteiger partial charge in [-0.15, -0.1) is 0 Å². The minimum Gasteiger partial charge on any atom is -0.503 e. The largest absolute Gasteiger partial charge is 0.503 e. The van der Waals surface area contributed by atoms with Crippen molar-refractivity contribution in [3.63, 3.8) is 0 Å². The number of rotatable bonds is 4. The van der Waals surface area contributed by atoms with Gasteiger partial charge in [-0.1, -0.05) is 0 Å². The normalized spacial score (nSPS) is 19.3. The molecule has 116 valence electrons. The van der Waals surface area contributed by atoms with Crippen LogP contribution in [0.4, 0.5) is 0 Å². The fourth-order valence-corrected chi connectivity index (χ4v) is 2.96. The highest BCUT2D eigenvalue weighted by molar-refractivity contribution is 9.10. The molecule has 2 rings (SSSR count). The summed E-state index contributed by atoms with van der Waals surface area (Å²) in [5.74, 6) is 0.516. The molecule has 3 N–H and O–H groups in total. The molecule has 1 atom stereocenters. The van der Waals surface area contributed by atoms with E-state index in [1.54, 1.807) is 13.1 Å². The third kappa shape index (κ3) is 3.66. The Hall–Kier alpha value is -1.31. The first kappa shape index (κ1) is 16.1. The molecule has 1 aromatic rings. The number of hydrogen-bond acceptors (Lipinski definition) is 5. The summed E-state index contributed by atoms with van der Waals surface area (Å²) in [6, 6.07) is 3.45. The number of nitrogens with one attached hydrogen (secondary N) is 2. The number of halogens is 1. The van der Waals surface area contributed by atoms with E-state index in [2.05, 4.69) is 31.5 Å². The number of aromatic hydroxyl groups is 1. The number of amides is 1. The number of hydrogen-bond donors (Lipinski definition) is 3. The molecule has 1 aromatic carbocycles. The molecular formula is C14H20BrN3O3. The number of phenols is 1. The number of carbonyl (C=O) groups excluding carboxylic acids is 1. The zero-order valence-corrected chi connectivity index (χ0v) is 13.7. The molecule has 1 fully saturated rings. The van der Waals surface area contributed by atoms with Crippen LogP contribution in [0.1, 0.15) is 5.56 Å². The summed E-state index contributed by atoms with van der Waals surface area (Å²) in [4.78, 5) is 14.1. The minimum atomic E-state index is -0.192. The van der Waals surface area contributed by atoms with Crippen molar-refractivity contribution in [2.24, 2.45) is 0 Å². The summed E-state index contributed by atoms with van der Waals surface area (Å²) in [6.07, 6.45) is 0. The second kappa shape index (κ2) is 7.11. The average Bonchev–Trinajstić information content (AvgIpc) is 2.50. The molecule has 0 saturated carbocycles. The highest BCUT2D eigenvalue weighted by atomic mass is 79.9. The molecule has 7 heteroatoms. The second-order valence-corrected chi connectivity index (χ2v) is 5.79. The molecule has 1 unspecified atom stereocenters. The lowest BCUT2D eigenvalue weighted by Gasteiger charge is -2.35. The Morgan fingerprint density at radius 3 is 3.05 bits per heavy atom. The fourth-order valence-electron chi connectivity index (χ4n) is 2.47. The molecule has 0 radical (unpaired) electrons. The van der Waals surface area contributed by atoms with Gasteiger partial charge in [0, 0.05) is 33.2 Å². The molecular weight excluding hydrogens is 338 g/mol. The number of carbonyl (C=O) groups is 1. The van der Waals surface area contributed by atoms with Crippen LogP contribution >= 0.6 is 15.9 Å². The third-order valence-corrected chi connectivity index (χ3v) is 4.20. The number of phenolic OH excluding ortho intramolecular Hbond substituents is 1. The first-order valence-corrected chi connectivity index (χ1v) is 7.58. The zero-order valence-electron chi connectivity index (χ0n) is 12.1. The number of benzene rings is 1. The molecule has 1 amide bonds. The Balaban J connectivity index is 2.19. The predicted octanol–water partition coefficient (Wildman–Crippen LogP) is 0.683. The Morgan fingerprint density at radius 2 is 2.38 bits per heavy atom. The van der Waals surface area contributed by atoms with Gasteiger partial charge >= 0.3 is 0 Å². The Bertz CT molecular complexity index is 524. The summed E-state index contributed by atoms with van der Waals surface area (Å²) in [5.41, 5.74) is 0.979. The smallest absolute Gasteiger partial charge is 0.238 e. The van der Waals surface area contributed by atoms with E-state index in [1.165, 1.54) is 7.11 Å². The topological polar surface area (TPSA) is 73.8 Å². The molecule has 0 spiro atoms. The van der Waals surface area contributed by atoms with Gasteiger partial charge in [-0.2, -0.15) is 0 Å². The first-order chi connectivity index (χ1) is 10.1. The fraction of sp³-hybridized carbons (Fsp3) is 0.500. The molecule has 21 heavy (non-hydrogen) atoms. The van der Waals surface area contributed by atoms with E-state index in [1.807, 2.05) is 6.07 Å². The summed E-state index contributed by atoms with van der Waals surface area (Å²) in [6.45, 7) is 2.90. The van der Waals surface area contributed by atoms with Crippen molar-refractivity contribution in [2.75, 3.05) is 33.8 Å². The minimum absolute atomic E-state index is 0.00649. The van der Waals surface area contributed by atoms with Crippen molar-refractivity contribution in [3.8, 4) is 11.5 Å². The Labute approximate surface area is 132 Å². The van der Waals surface area contributed by atoms with Gasteiger partial charge in [0.15, 0.2) is 11.5 Å². The van der Waals surface area contributed by atoms with Crippen molar-refractivity contribution in [1.29, 1.82) is 0 Å². The SMILES string of the molecule is CNC(=O)C1CNCCN1Cc1cc(Br)c(O)c(OC)c1. The molecule has 1 aliphatic heterocycles. The van der Waals surface area contributed by atoms with Gasteiger partial charge in [0.05, 0.1) is 11.6 Å². The number of nitrogens with zero attached hydrogens (tertiary/aromatic N) is 1. The van der Waals surface area contributed by atoms with Gasteiger partial charge in [0.1, 0.15) is 6.04 Å². The molecule has 1 heterocycles. The van der Waals surface area contributed by atoms with Crippen LogP contribution in [0.3, 0.4) is 0 Å². The Kier molecular flexibility index (Phi) is 5.44. The van der Waals surface area contributed by atoms with E-state index < -0.39 is 0 Å². The van der Waals surface area contributed by atoms with Crippen LogP contribution in [-0.2, 0) is 11.3 Å². The van der Waals surface area contributed by atoms with Crippen molar-refractivity contribution in [1.82, 2.24) is 15.5 Å². The van der Waals surface area contributed by atoms with Crippen LogP contribution in [0.5, 0.6) is 11.5 Å². The van der Waals surface area contributed by atoms with Crippen LogP contribution in [-0.4, -0.2) is 55.7 Å². The van der Waals surface area contributed by atoms with E-state index in [9.17, 15) is 9.90 Å². The standard InChI is InChI=1S/C14H20BrN3O3/c1-16-14(20)11-7-17-3-4-18(11)8-9-5-10(15)13(19)12(6-9)21-2/h5-6,11,17,19H,3-4,7-8H2,1-2H3,(H,16,20). The second-order valence-electron chi connectivity index (χ2n) is 4.93. The summed E-state index contributed by atoms with van der Waals surface area (Å²) >= 11 is 3.32.